The molecule has 1 fully saturated rings. The summed E-state index contributed by atoms with van der Waals surface area (Å²) in [6, 6.07) is 21.2. The number of nitrogens with zero attached hydrogens (tertiary/aromatic N) is 1. The zero-order valence-corrected chi connectivity index (χ0v) is 19.1. The smallest absolute Gasteiger partial charge is 0.290 e. The molecule has 0 radical (unpaired) electrons. The summed E-state index contributed by atoms with van der Waals surface area (Å²) >= 11 is 0.866. The molecule has 0 unspecified atom stereocenters. The van der Waals surface area contributed by atoms with E-state index in [0.29, 0.717) is 35.0 Å². The summed E-state index contributed by atoms with van der Waals surface area (Å²) < 4.78 is 5.90. The minimum Gasteiger partial charge on any atom is -0.441 e. The standard InChI is InChI=1S/C27H20N2O4S/c1-16-22(28-26(33-16)21-11-10-18-4-2-3-5-20(18)15-21)12-13-23(30)19-8-6-17(7-9-19)14-24-25(31)29-27(32)34-24/h2-11,14-15H,12-13H2,1H3,(H,29,31,32)/b24-14-. The SMILES string of the molecule is Cc1oc(-c2ccc3ccccc3c2)nc1CCC(=O)c1ccc(/C=C2\SC(=O)NC2=O)cc1. The Morgan fingerprint density at radius 3 is 2.53 bits per heavy atom. The van der Waals surface area contributed by atoms with Crippen molar-refractivity contribution in [3.05, 3.63) is 94.2 Å². The van der Waals surface area contributed by atoms with Crippen molar-refractivity contribution in [2.75, 3.05) is 0 Å². The Kier molecular flexibility index (Phi) is 5.86. The monoisotopic (exact) mass is 468 g/mol. The van der Waals surface area contributed by atoms with Gasteiger partial charge in [-0.15, -0.1) is 0 Å². The van der Waals surface area contributed by atoms with Gasteiger partial charge in [0.2, 0.25) is 5.89 Å². The van der Waals surface area contributed by atoms with Crippen LogP contribution in [0.3, 0.4) is 0 Å². The van der Waals surface area contributed by atoms with Gasteiger partial charge in [0.15, 0.2) is 5.78 Å². The largest absolute Gasteiger partial charge is 0.441 e. The number of nitrogens with one attached hydrogen (secondary N) is 1. The Morgan fingerprint density at radius 2 is 1.79 bits per heavy atom. The highest BCUT2D eigenvalue weighted by atomic mass is 32.2. The number of thioether (sulfide) groups is 1. The van der Waals surface area contributed by atoms with Crippen molar-refractivity contribution >= 4 is 45.5 Å². The van der Waals surface area contributed by atoms with E-state index in [-0.39, 0.29) is 11.0 Å². The van der Waals surface area contributed by atoms with Gasteiger partial charge in [-0.1, -0.05) is 54.6 Å². The Bertz CT molecular complexity index is 1470. The van der Waals surface area contributed by atoms with Gasteiger partial charge < -0.3 is 4.42 Å². The number of carbonyl (C=O) groups excluding carboxylic acids is 3. The van der Waals surface area contributed by atoms with E-state index in [9.17, 15) is 14.4 Å². The zero-order chi connectivity index (χ0) is 23.7. The number of rotatable bonds is 6. The first kappa shape index (κ1) is 21.9. The van der Waals surface area contributed by atoms with E-state index in [1.54, 1.807) is 30.3 Å². The maximum absolute atomic E-state index is 12.7. The molecule has 0 spiro atoms. The molecule has 1 aliphatic rings. The molecule has 168 valence electrons. The van der Waals surface area contributed by atoms with Crippen molar-refractivity contribution in [2.24, 2.45) is 0 Å². The van der Waals surface area contributed by atoms with Gasteiger partial charge in [0, 0.05) is 24.0 Å². The molecule has 2 amide bonds. The number of hydrogen-bond acceptors (Lipinski definition) is 6. The molecule has 1 N–H and O–H groups in total. The maximum atomic E-state index is 12.7. The molecule has 7 heteroatoms. The summed E-state index contributed by atoms with van der Waals surface area (Å²) in [6.07, 6.45) is 2.41. The highest BCUT2D eigenvalue weighted by molar-refractivity contribution is 8.18. The van der Waals surface area contributed by atoms with E-state index in [1.807, 2.05) is 31.2 Å². The number of benzene rings is 3. The lowest BCUT2D eigenvalue weighted by atomic mass is 10.0. The fourth-order valence-electron chi connectivity index (χ4n) is 3.82. The third kappa shape index (κ3) is 4.56. The second-order valence-corrected chi connectivity index (χ2v) is 9.00. The van der Waals surface area contributed by atoms with Gasteiger partial charge in [0.05, 0.1) is 10.6 Å². The van der Waals surface area contributed by atoms with Crippen LogP contribution < -0.4 is 5.32 Å². The lowest BCUT2D eigenvalue weighted by Gasteiger charge is -2.02. The van der Waals surface area contributed by atoms with Crippen molar-refractivity contribution < 1.29 is 18.8 Å². The number of hydrogen-bond donors (Lipinski definition) is 1. The molecule has 1 aromatic heterocycles. The number of ketones is 1. The number of amides is 2. The third-order valence-electron chi connectivity index (χ3n) is 5.65. The normalized spacial score (nSPS) is 14.7. The molecular weight excluding hydrogens is 448 g/mol. The first-order chi connectivity index (χ1) is 16.5. The van der Waals surface area contributed by atoms with Crippen molar-refractivity contribution in [3.63, 3.8) is 0 Å². The number of Topliss-reactive ketones (excluding diaryl/α,β-unsaturated/α-hetero) is 1. The molecule has 3 aromatic carbocycles. The van der Waals surface area contributed by atoms with Gasteiger partial charge in [0.25, 0.3) is 11.1 Å². The molecule has 5 rings (SSSR count). The number of aromatic nitrogens is 1. The van der Waals surface area contributed by atoms with Gasteiger partial charge in [-0.3, -0.25) is 19.7 Å². The van der Waals surface area contributed by atoms with Crippen LogP contribution >= 0.6 is 11.8 Å². The van der Waals surface area contributed by atoms with Crippen molar-refractivity contribution in [3.8, 4) is 11.5 Å². The summed E-state index contributed by atoms with van der Waals surface area (Å²) in [6.45, 7) is 1.86. The summed E-state index contributed by atoms with van der Waals surface area (Å²) in [4.78, 5) is 40.7. The van der Waals surface area contributed by atoms with Crippen LogP contribution in [0.25, 0.3) is 28.3 Å². The Morgan fingerprint density at radius 1 is 1.03 bits per heavy atom. The molecular formula is C27H20N2O4S. The fourth-order valence-corrected chi connectivity index (χ4v) is 4.50. The van der Waals surface area contributed by atoms with Crippen LogP contribution in [0.2, 0.25) is 0 Å². The van der Waals surface area contributed by atoms with Crippen LogP contribution in [-0.2, 0) is 11.2 Å². The van der Waals surface area contributed by atoms with E-state index < -0.39 is 5.91 Å². The average molecular weight is 469 g/mol. The molecule has 0 atom stereocenters. The van der Waals surface area contributed by atoms with Gasteiger partial charge >= 0.3 is 0 Å². The number of fused-ring (bicyclic) bond motifs is 1. The third-order valence-corrected chi connectivity index (χ3v) is 6.46. The maximum Gasteiger partial charge on any atom is 0.290 e. The Labute approximate surface area is 200 Å². The predicted octanol–water partition coefficient (Wildman–Crippen LogP) is 5.94. The predicted molar refractivity (Wildman–Crippen MR) is 132 cm³/mol. The summed E-state index contributed by atoms with van der Waals surface area (Å²) in [5.41, 5.74) is 3.00. The minimum atomic E-state index is -0.402. The second kappa shape index (κ2) is 9.11. The molecule has 4 aromatic rings. The van der Waals surface area contributed by atoms with E-state index >= 15 is 0 Å². The van der Waals surface area contributed by atoms with Gasteiger partial charge in [-0.25, -0.2) is 4.98 Å². The van der Waals surface area contributed by atoms with Gasteiger partial charge in [-0.05, 0) is 53.2 Å². The minimum absolute atomic E-state index is 0.00276. The van der Waals surface area contributed by atoms with Crippen molar-refractivity contribution in [1.82, 2.24) is 10.3 Å². The van der Waals surface area contributed by atoms with Gasteiger partial charge in [0.1, 0.15) is 5.76 Å². The molecule has 1 saturated heterocycles. The highest BCUT2D eigenvalue weighted by Crippen LogP contribution is 2.27. The number of oxazole rings is 1. The summed E-state index contributed by atoms with van der Waals surface area (Å²) in [5.74, 6) is 0.855. The van der Waals surface area contributed by atoms with Crippen LogP contribution in [0.1, 0.15) is 33.8 Å². The first-order valence-corrected chi connectivity index (χ1v) is 11.6. The van der Waals surface area contributed by atoms with E-state index in [4.69, 9.17) is 4.42 Å². The van der Waals surface area contributed by atoms with Gasteiger partial charge in [-0.2, -0.15) is 0 Å². The lowest BCUT2D eigenvalue weighted by molar-refractivity contribution is -0.115. The number of carbonyl (C=O) groups is 3. The average Bonchev–Trinajstić information content (AvgIpc) is 3.37. The summed E-state index contributed by atoms with van der Waals surface area (Å²) in [5, 5.41) is 4.11. The van der Waals surface area contributed by atoms with E-state index in [2.05, 4.69) is 28.5 Å². The fraction of sp³-hybridized carbons (Fsp3) is 0.111. The molecule has 0 aliphatic carbocycles. The van der Waals surface area contributed by atoms with Crippen molar-refractivity contribution in [2.45, 2.75) is 19.8 Å². The van der Waals surface area contributed by atoms with E-state index in [0.717, 1.165) is 39.4 Å². The molecule has 0 bridgehead atoms. The highest BCUT2D eigenvalue weighted by Gasteiger charge is 2.24. The topological polar surface area (TPSA) is 89.3 Å². The number of aryl methyl sites for hydroxylation is 2. The van der Waals surface area contributed by atoms with Crippen molar-refractivity contribution in [1.29, 1.82) is 0 Å². The van der Waals surface area contributed by atoms with Crippen LogP contribution in [0, 0.1) is 6.92 Å². The van der Waals surface area contributed by atoms with Crippen LogP contribution in [0.4, 0.5) is 4.79 Å². The Balaban J connectivity index is 1.25. The second-order valence-electron chi connectivity index (χ2n) is 7.98. The van der Waals surface area contributed by atoms with Crippen LogP contribution in [0.15, 0.2) is 76.1 Å². The molecule has 0 saturated carbocycles. The summed E-state index contributed by atoms with van der Waals surface area (Å²) in [7, 11) is 0. The lowest BCUT2D eigenvalue weighted by Crippen LogP contribution is -2.17. The molecule has 34 heavy (non-hydrogen) atoms. The van der Waals surface area contributed by atoms with Crippen LogP contribution in [0.5, 0.6) is 0 Å². The van der Waals surface area contributed by atoms with E-state index in [1.165, 1.54) is 0 Å². The molecule has 1 aliphatic heterocycles. The first-order valence-electron chi connectivity index (χ1n) is 10.8. The quantitative estimate of drug-likeness (QED) is 0.278. The number of imide groups is 1. The zero-order valence-electron chi connectivity index (χ0n) is 18.3. The molecule has 2 heterocycles. The molecule has 6 nitrogen and oxygen atoms in total. The van der Waals surface area contributed by atoms with Crippen LogP contribution in [-0.4, -0.2) is 21.9 Å². The Hall–Kier alpha value is -3.97.